The fourth-order valence-electron chi connectivity index (χ4n) is 6.06. The summed E-state index contributed by atoms with van der Waals surface area (Å²) in [6.07, 6.45) is 9.18. The van der Waals surface area contributed by atoms with Gasteiger partial charge in [-0.1, -0.05) is 11.6 Å². The molecule has 1 aromatic rings. The Kier molecular flexibility index (Phi) is 5.69. The number of hydrogen-bond donors (Lipinski definition) is 1. The van der Waals surface area contributed by atoms with Crippen LogP contribution in [0, 0.1) is 30.1 Å². The van der Waals surface area contributed by atoms with Crippen LogP contribution in [0.25, 0.3) is 0 Å². The topological polar surface area (TPSA) is 50.7 Å². The number of ether oxygens (including phenoxy) is 1. The van der Waals surface area contributed by atoms with Gasteiger partial charge in [-0.3, -0.25) is 4.79 Å². The van der Waals surface area contributed by atoms with Crippen molar-refractivity contribution in [1.29, 1.82) is 0 Å². The van der Waals surface area contributed by atoms with E-state index in [1.54, 1.807) is 0 Å². The maximum atomic E-state index is 12.2. The molecule has 152 valence electrons. The minimum atomic E-state index is -0.0273. The summed E-state index contributed by atoms with van der Waals surface area (Å²) in [6, 6.07) is 5.57. The summed E-state index contributed by atoms with van der Waals surface area (Å²) in [5.74, 6) is 3.46. The van der Waals surface area contributed by atoms with E-state index in [1.807, 2.05) is 25.1 Å². The molecule has 28 heavy (non-hydrogen) atoms. The van der Waals surface area contributed by atoms with Crippen LogP contribution in [0.2, 0.25) is 5.02 Å². The molecule has 4 saturated carbocycles. The number of carbonyl (C=O) groups excluding carboxylic acids is 1. The van der Waals surface area contributed by atoms with Crippen molar-refractivity contribution in [3.05, 3.63) is 28.8 Å². The Hall–Kier alpha value is -1.55. The van der Waals surface area contributed by atoms with E-state index < -0.39 is 0 Å². The van der Waals surface area contributed by atoms with Gasteiger partial charge >= 0.3 is 0 Å². The highest BCUT2D eigenvalue weighted by atomic mass is 35.5. The fourth-order valence-corrected chi connectivity index (χ4v) is 6.29. The van der Waals surface area contributed by atoms with E-state index in [0.717, 1.165) is 34.8 Å². The molecule has 0 aliphatic heterocycles. The zero-order valence-corrected chi connectivity index (χ0v) is 17.7. The SMILES string of the molecule is CC(=NNC(=O)CCCOc1ccc(Cl)cc1C)C12CC3CC(CC(C3)C1)C2. The molecule has 0 heterocycles. The molecule has 0 unspecified atom stereocenters. The molecule has 1 N–H and O–H groups in total. The standard InChI is InChI=1S/C23H31ClN2O2/c1-15-8-20(24)5-6-21(15)28-7-3-4-22(27)26-25-16(2)23-12-17-9-18(13-23)11-19(10-17)14-23/h5-6,8,17-19H,3-4,7,9-14H2,1-2H3,(H,26,27). The monoisotopic (exact) mass is 402 g/mol. The summed E-state index contributed by atoms with van der Waals surface area (Å²) >= 11 is 5.96. The van der Waals surface area contributed by atoms with Crippen LogP contribution in [0.3, 0.4) is 0 Å². The summed E-state index contributed by atoms with van der Waals surface area (Å²) in [6.45, 7) is 4.60. The van der Waals surface area contributed by atoms with Gasteiger partial charge in [-0.2, -0.15) is 5.10 Å². The average molecular weight is 403 g/mol. The molecule has 5 rings (SSSR count). The van der Waals surface area contributed by atoms with Crippen LogP contribution in [0.15, 0.2) is 23.3 Å². The van der Waals surface area contributed by atoms with Crippen molar-refractivity contribution < 1.29 is 9.53 Å². The predicted molar refractivity (Wildman–Crippen MR) is 113 cm³/mol. The molecular formula is C23H31ClN2O2. The van der Waals surface area contributed by atoms with E-state index in [-0.39, 0.29) is 11.3 Å². The van der Waals surface area contributed by atoms with Crippen LogP contribution in [-0.2, 0) is 4.79 Å². The lowest BCUT2D eigenvalue weighted by molar-refractivity contribution is -0.121. The molecule has 0 radical (unpaired) electrons. The minimum absolute atomic E-state index is 0.0273. The van der Waals surface area contributed by atoms with Crippen LogP contribution in [-0.4, -0.2) is 18.2 Å². The number of hydrogen-bond acceptors (Lipinski definition) is 3. The Morgan fingerprint density at radius 1 is 1.21 bits per heavy atom. The van der Waals surface area contributed by atoms with Crippen molar-refractivity contribution >= 4 is 23.2 Å². The summed E-state index contributed by atoms with van der Waals surface area (Å²) in [7, 11) is 0. The Labute approximate surface area is 173 Å². The van der Waals surface area contributed by atoms with Gasteiger partial charge in [0.1, 0.15) is 5.75 Å². The zero-order valence-electron chi connectivity index (χ0n) is 17.0. The van der Waals surface area contributed by atoms with Crippen molar-refractivity contribution in [2.45, 2.75) is 65.2 Å². The molecule has 0 aromatic heterocycles. The normalized spacial score (nSPS) is 31.1. The molecule has 1 amide bonds. The number of nitrogens with zero attached hydrogens (tertiary/aromatic N) is 1. The van der Waals surface area contributed by atoms with Gasteiger partial charge in [0.15, 0.2) is 0 Å². The Morgan fingerprint density at radius 2 is 1.86 bits per heavy atom. The van der Waals surface area contributed by atoms with E-state index in [0.29, 0.717) is 24.5 Å². The van der Waals surface area contributed by atoms with Crippen LogP contribution in [0.5, 0.6) is 5.75 Å². The zero-order chi connectivity index (χ0) is 19.7. The van der Waals surface area contributed by atoms with Crippen molar-refractivity contribution in [1.82, 2.24) is 5.43 Å². The van der Waals surface area contributed by atoms with Gasteiger partial charge in [-0.05, 0) is 100 Å². The Balaban J connectivity index is 1.23. The van der Waals surface area contributed by atoms with Crippen LogP contribution in [0.1, 0.15) is 63.9 Å². The van der Waals surface area contributed by atoms with E-state index in [1.165, 1.54) is 38.5 Å². The lowest BCUT2D eigenvalue weighted by Gasteiger charge is -2.56. The van der Waals surface area contributed by atoms with E-state index in [2.05, 4.69) is 17.5 Å². The molecule has 1 aromatic carbocycles. The number of rotatable bonds is 7. The van der Waals surface area contributed by atoms with Crippen molar-refractivity contribution in [3.8, 4) is 5.75 Å². The highest BCUT2D eigenvalue weighted by molar-refractivity contribution is 6.30. The first-order valence-corrected chi connectivity index (χ1v) is 11.0. The number of nitrogens with one attached hydrogen (secondary N) is 1. The van der Waals surface area contributed by atoms with Gasteiger partial charge in [-0.25, -0.2) is 5.43 Å². The van der Waals surface area contributed by atoms with E-state index in [4.69, 9.17) is 16.3 Å². The van der Waals surface area contributed by atoms with Crippen molar-refractivity contribution in [2.24, 2.45) is 28.3 Å². The summed E-state index contributed by atoms with van der Waals surface area (Å²) < 4.78 is 5.76. The first-order valence-electron chi connectivity index (χ1n) is 10.7. The largest absolute Gasteiger partial charge is 0.493 e. The molecule has 5 heteroatoms. The lowest BCUT2D eigenvalue weighted by Crippen LogP contribution is -2.49. The van der Waals surface area contributed by atoms with Crippen molar-refractivity contribution in [3.63, 3.8) is 0 Å². The van der Waals surface area contributed by atoms with E-state index >= 15 is 0 Å². The average Bonchev–Trinajstić information content (AvgIpc) is 2.63. The van der Waals surface area contributed by atoms with Gasteiger partial charge in [0.05, 0.1) is 6.61 Å². The lowest BCUT2D eigenvalue weighted by atomic mass is 9.48. The second kappa shape index (κ2) is 8.06. The second-order valence-corrected chi connectivity index (χ2v) is 9.73. The number of hydrazone groups is 1. The maximum Gasteiger partial charge on any atom is 0.240 e. The Morgan fingerprint density at radius 3 is 2.46 bits per heavy atom. The van der Waals surface area contributed by atoms with Crippen LogP contribution in [0.4, 0.5) is 0 Å². The quantitative estimate of drug-likeness (QED) is 0.371. The molecule has 0 saturated heterocycles. The third-order valence-electron chi connectivity index (χ3n) is 7.10. The molecule has 4 fully saturated rings. The number of carbonyl (C=O) groups is 1. The summed E-state index contributed by atoms with van der Waals surface area (Å²) in [5.41, 5.74) is 5.22. The number of benzene rings is 1. The van der Waals surface area contributed by atoms with E-state index in [9.17, 15) is 4.79 Å². The number of aryl methyl sites for hydroxylation is 1. The van der Waals surface area contributed by atoms with Crippen LogP contribution < -0.4 is 10.2 Å². The first-order chi connectivity index (χ1) is 13.4. The Bertz CT molecular complexity index is 739. The third kappa shape index (κ3) is 4.22. The highest BCUT2D eigenvalue weighted by Crippen LogP contribution is 2.60. The van der Waals surface area contributed by atoms with Gasteiger partial charge in [0.2, 0.25) is 5.91 Å². The molecule has 4 nitrogen and oxygen atoms in total. The predicted octanol–water partition coefficient (Wildman–Crippen LogP) is 5.52. The molecule has 4 bridgehead atoms. The number of halogens is 1. The molecule has 4 aliphatic carbocycles. The van der Waals surface area contributed by atoms with Gasteiger partial charge in [0.25, 0.3) is 0 Å². The van der Waals surface area contributed by atoms with Crippen molar-refractivity contribution in [2.75, 3.05) is 6.61 Å². The molecule has 0 atom stereocenters. The maximum absolute atomic E-state index is 12.2. The summed E-state index contributed by atoms with van der Waals surface area (Å²) in [4.78, 5) is 12.2. The van der Waals surface area contributed by atoms with Gasteiger partial charge in [0, 0.05) is 22.6 Å². The summed E-state index contributed by atoms with van der Waals surface area (Å²) in [5, 5.41) is 5.24. The fraction of sp³-hybridized carbons (Fsp3) is 0.652. The smallest absolute Gasteiger partial charge is 0.240 e. The highest BCUT2D eigenvalue weighted by Gasteiger charge is 2.52. The number of amides is 1. The minimum Gasteiger partial charge on any atom is -0.493 e. The second-order valence-electron chi connectivity index (χ2n) is 9.29. The third-order valence-corrected chi connectivity index (χ3v) is 7.33. The first kappa shape index (κ1) is 19.8. The van der Waals surface area contributed by atoms with Gasteiger partial charge < -0.3 is 4.74 Å². The molecule has 4 aliphatic rings. The molecule has 0 spiro atoms. The van der Waals surface area contributed by atoms with Gasteiger partial charge in [-0.15, -0.1) is 0 Å². The molecular weight excluding hydrogens is 372 g/mol. The van der Waals surface area contributed by atoms with Crippen LogP contribution >= 0.6 is 11.6 Å².